The SMILES string of the molecule is O=C(NC[C@@H](O)CN1CCOCC1)C(=O)Nc1ccc(C(F)(F)F)nc1. The molecule has 3 N–H and O–H groups in total. The fourth-order valence-corrected chi connectivity index (χ4v) is 2.26. The minimum atomic E-state index is -4.59. The molecule has 1 fully saturated rings. The van der Waals surface area contributed by atoms with Crippen molar-refractivity contribution in [2.75, 3.05) is 44.7 Å². The number of aromatic nitrogens is 1. The monoisotopic (exact) mass is 376 g/mol. The van der Waals surface area contributed by atoms with Crippen LogP contribution in [0.25, 0.3) is 0 Å². The predicted molar refractivity (Wildman–Crippen MR) is 84.1 cm³/mol. The van der Waals surface area contributed by atoms with Gasteiger partial charge in [-0.2, -0.15) is 13.2 Å². The van der Waals surface area contributed by atoms with Crippen LogP contribution in [-0.2, 0) is 20.5 Å². The van der Waals surface area contributed by atoms with E-state index in [1.165, 1.54) is 0 Å². The number of aliphatic hydroxyl groups excluding tert-OH is 1. The van der Waals surface area contributed by atoms with E-state index in [1.807, 2.05) is 4.90 Å². The maximum atomic E-state index is 12.4. The lowest BCUT2D eigenvalue weighted by molar-refractivity contribution is -0.141. The molecule has 1 aliphatic heterocycles. The number of hydrogen-bond acceptors (Lipinski definition) is 6. The molecular weight excluding hydrogens is 357 g/mol. The third kappa shape index (κ3) is 6.24. The van der Waals surface area contributed by atoms with Crippen molar-refractivity contribution in [3.05, 3.63) is 24.0 Å². The summed E-state index contributed by atoms with van der Waals surface area (Å²) in [4.78, 5) is 28.6. The number of rotatable bonds is 5. The van der Waals surface area contributed by atoms with E-state index in [0.717, 1.165) is 12.3 Å². The maximum absolute atomic E-state index is 12.4. The van der Waals surface area contributed by atoms with Crippen LogP contribution in [0.15, 0.2) is 18.3 Å². The minimum absolute atomic E-state index is 0.0491. The number of pyridine rings is 1. The Morgan fingerprint density at radius 2 is 1.96 bits per heavy atom. The summed E-state index contributed by atoms with van der Waals surface area (Å²) in [6.07, 6.45) is -4.64. The van der Waals surface area contributed by atoms with Gasteiger partial charge in [0.15, 0.2) is 0 Å². The zero-order valence-corrected chi connectivity index (χ0v) is 13.8. The lowest BCUT2D eigenvalue weighted by atomic mass is 10.3. The number of carbonyl (C=O) groups is 2. The quantitative estimate of drug-likeness (QED) is 0.618. The second-order valence-corrected chi connectivity index (χ2v) is 5.66. The number of β-amino-alcohol motifs (C(OH)–C–C–N with tert-alkyl or cyclic N) is 1. The van der Waals surface area contributed by atoms with Gasteiger partial charge in [-0.1, -0.05) is 0 Å². The summed E-state index contributed by atoms with van der Waals surface area (Å²) in [5.74, 6) is -2.07. The summed E-state index contributed by atoms with van der Waals surface area (Å²) in [5.41, 5.74) is -1.15. The van der Waals surface area contributed by atoms with Crippen LogP contribution >= 0.6 is 0 Å². The maximum Gasteiger partial charge on any atom is 0.433 e. The Kier molecular flexibility index (Phi) is 6.89. The molecule has 8 nitrogen and oxygen atoms in total. The summed E-state index contributed by atoms with van der Waals surface area (Å²) < 4.78 is 42.4. The molecule has 1 atom stereocenters. The number of anilines is 1. The number of amides is 2. The second-order valence-electron chi connectivity index (χ2n) is 5.66. The van der Waals surface area contributed by atoms with Gasteiger partial charge in [0.25, 0.3) is 0 Å². The summed E-state index contributed by atoms with van der Waals surface area (Å²) in [7, 11) is 0. The normalized spacial score (nSPS) is 16.8. The highest BCUT2D eigenvalue weighted by Crippen LogP contribution is 2.27. The number of morpholine rings is 1. The molecule has 0 bridgehead atoms. The van der Waals surface area contributed by atoms with Crippen LogP contribution in [0.3, 0.4) is 0 Å². The third-order valence-corrected chi connectivity index (χ3v) is 3.59. The Bertz CT molecular complexity index is 618. The van der Waals surface area contributed by atoms with Crippen molar-refractivity contribution < 1.29 is 32.6 Å². The first-order chi connectivity index (χ1) is 12.3. The zero-order chi connectivity index (χ0) is 19.2. The Morgan fingerprint density at radius 3 is 2.54 bits per heavy atom. The molecule has 0 aliphatic carbocycles. The van der Waals surface area contributed by atoms with Crippen molar-refractivity contribution in [2.45, 2.75) is 12.3 Å². The lowest BCUT2D eigenvalue weighted by Crippen LogP contribution is -2.46. The number of nitrogens with one attached hydrogen (secondary N) is 2. The van der Waals surface area contributed by atoms with Gasteiger partial charge in [-0.3, -0.25) is 14.5 Å². The summed E-state index contributed by atoms with van der Waals surface area (Å²) in [5, 5.41) is 14.3. The van der Waals surface area contributed by atoms with E-state index in [4.69, 9.17) is 4.74 Å². The molecule has 2 rings (SSSR count). The Hall–Kier alpha value is -2.24. The van der Waals surface area contributed by atoms with Crippen LogP contribution < -0.4 is 10.6 Å². The van der Waals surface area contributed by atoms with Crippen molar-refractivity contribution in [3.63, 3.8) is 0 Å². The van der Waals surface area contributed by atoms with E-state index in [2.05, 4.69) is 15.6 Å². The van der Waals surface area contributed by atoms with Crippen LogP contribution in [0, 0.1) is 0 Å². The number of alkyl halides is 3. The number of carbonyl (C=O) groups excluding carboxylic acids is 2. The van der Waals surface area contributed by atoms with E-state index in [1.54, 1.807) is 0 Å². The van der Waals surface area contributed by atoms with E-state index in [-0.39, 0.29) is 12.2 Å². The van der Waals surface area contributed by atoms with Gasteiger partial charge in [-0.25, -0.2) is 4.98 Å². The average molecular weight is 376 g/mol. The van der Waals surface area contributed by atoms with Crippen LogP contribution in [0.2, 0.25) is 0 Å². The fourth-order valence-electron chi connectivity index (χ4n) is 2.26. The van der Waals surface area contributed by atoms with Crippen LogP contribution in [0.5, 0.6) is 0 Å². The molecular formula is C15H19F3N4O4. The van der Waals surface area contributed by atoms with Crippen molar-refractivity contribution in [1.82, 2.24) is 15.2 Å². The minimum Gasteiger partial charge on any atom is -0.390 e. The first-order valence-corrected chi connectivity index (χ1v) is 7.86. The third-order valence-electron chi connectivity index (χ3n) is 3.59. The topological polar surface area (TPSA) is 104 Å². The van der Waals surface area contributed by atoms with Gasteiger partial charge in [-0.15, -0.1) is 0 Å². The van der Waals surface area contributed by atoms with Crippen molar-refractivity contribution >= 4 is 17.5 Å². The molecule has 1 aromatic rings. The smallest absolute Gasteiger partial charge is 0.390 e. The fraction of sp³-hybridized carbons (Fsp3) is 0.533. The van der Waals surface area contributed by atoms with Crippen molar-refractivity contribution in [2.24, 2.45) is 0 Å². The van der Waals surface area contributed by atoms with Gasteiger partial charge in [0.1, 0.15) is 5.69 Å². The summed E-state index contributed by atoms with van der Waals surface area (Å²) >= 11 is 0. The Labute approximate surface area is 147 Å². The molecule has 26 heavy (non-hydrogen) atoms. The highest BCUT2D eigenvalue weighted by Gasteiger charge is 2.32. The molecule has 1 aromatic heterocycles. The first kappa shape index (κ1) is 20.1. The highest BCUT2D eigenvalue weighted by molar-refractivity contribution is 6.39. The molecule has 144 valence electrons. The first-order valence-electron chi connectivity index (χ1n) is 7.86. The number of nitrogens with zero attached hydrogens (tertiary/aromatic N) is 2. The number of ether oxygens (including phenoxy) is 1. The Morgan fingerprint density at radius 1 is 1.27 bits per heavy atom. The van der Waals surface area contributed by atoms with Crippen molar-refractivity contribution in [3.8, 4) is 0 Å². The van der Waals surface area contributed by atoms with Gasteiger partial charge < -0.3 is 20.5 Å². The standard InChI is InChI=1S/C15H19F3N4O4/c16-15(17,18)12-2-1-10(7-19-12)21-14(25)13(24)20-8-11(23)9-22-3-5-26-6-4-22/h1-2,7,11,23H,3-6,8-9H2,(H,20,24)(H,21,25)/t11-/m1/s1. The average Bonchev–Trinajstić information content (AvgIpc) is 2.60. The van der Waals surface area contributed by atoms with E-state index in [9.17, 15) is 27.9 Å². The van der Waals surface area contributed by atoms with E-state index >= 15 is 0 Å². The molecule has 0 radical (unpaired) electrons. The predicted octanol–water partition coefficient (Wildman–Crippen LogP) is -0.152. The lowest BCUT2D eigenvalue weighted by Gasteiger charge is -2.28. The number of hydrogen-bond donors (Lipinski definition) is 3. The largest absolute Gasteiger partial charge is 0.433 e. The molecule has 0 unspecified atom stereocenters. The molecule has 2 amide bonds. The van der Waals surface area contributed by atoms with E-state index in [0.29, 0.717) is 38.9 Å². The molecule has 0 saturated carbocycles. The molecule has 0 spiro atoms. The van der Waals surface area contributed by atoms with Crippen LogP contribution in [-0.4, -0.2) is 72.3 Å². The van der Waals surface area contributed by atoms with Crippen LogP contribution in [0.1, 0.15) is 5.69 Å². The molecule has 11 heteroatoms. The van der Waals surface area contributed by atoms with Crippen LogP contribution in [0.4, 0.5) is 18.9 Å². The molecule has 1 saturated heterocycles. The molecule has 2 heterocycles. The van der Waals surface area contributed by atoms with Crippen molar-refractivity contribution in [1.29, 1.82) is 0 Å². The van der Waals surface area contributed by atoms with Gasteiger partial charge in [0.05, 0.1) is 31.2 Å². The molecule has 1 aliphatic rings. The molecule has 0 aromatic carbocycles. The summed E-state index contributed by atoms with van der Waals surface area (Å²) in [6.45, 7) is 2.69. The zero-order valence-electron chi connectivity index (χ0n) is 13.8. The summed E-state index contributed by atoms with van der Waals surface area (Å²) in [6, 6.07) is 1.69. The second kappa shape index (κ2) is 8.92. The number of aliphatic hydroxyl groups is 1. The van der Waals surface area contributed by atoms with Gasteiger partial charge in [-0.05, 0) is 12.1 Å². The van der Waals surface area contributed by atoms with Gasteiger partial charge in [0, 0.05) is 26.2 Å². The Balaban J connectivity index is 1.75. The number of halogens is 3. The van der Waals surface area contributed by atoms with Gasteiger partial charge >= 0.3 is 18.0 Å². The highest BCUT2D eigenvalue weighted by atomic mass is 19.4. The van der Waals surface area contributed by atoms with Gasteiger partial charge in [0.2, 0.25) is 0 Å². The van der Waals surface area contributed by atoms with E-state index < -0.39 is 29.8 Å².